The smallest absolute Gasteiger partial charge is 0.261 e. The fourth-order valence-electron chi connectivity index (χ4n) is 3.08. The predicted octanol–water partition coefficient (Wildman–Crippen LogP) is 3.11. The SMILES string of the molecule is COc1cc(Br)c(S(=O)(=O)N2CCC(NC(=O)c3cccs3)CC2)cc1OC. The van der Waals surface area contributed by atoms with Crippen LogP contribution < -0.4 is 14.8 Å². The number of halogens is 1. The molecule has 1 aromatic heterocycles. The molecule has 1 amide bonds. The van der Waals surface area contributed by atoms with E-state index in [0.29, 0.717) is 46.8 Å². The molecule has 1 saturated heterocycles. The molecule has 10 heteroatoms. The van der Waals surface area contributed by atoms with Crippen LogP contribution in [0.2, 0.25) is 0 Å². The number of carbonyl (C=O) groups is 1. The highest BCUT2D eigenvalue weighted by atomic mass is 79.9. The molecule has 3 rings (SSSR count). The highest BCUT2D eigenvalue weighted by Gasteiger charge is 2.32. The summed E-state index contributed by atoms with van der Waals surface area (Å²) in [5.41, 5.74) is 0. The largest absolute Gasteiger partial charge is 0.493 e. The average Bonchev–Trinajstić information content (AvgIpc) is 3.23. The van der Waals surface area contributed by atoms with Gasteiger partial charge in [0.25, 0.3) is 5.91 Å². The molecule has 28 heavy (non-hydrogen) atoms. The molecular weight excluding hydrogens is 468 g/mol. The number of sulfonamides is 1. The van der Waals surface area contributed by atoms with Gasteiger partial charge in [-0.2, -0.15) is 4.31 Å². The zero-order valence-electron chi connectivity index (χ0n) is 15.5. The number of piperidine rings is 1. The standard InChI is InChI=1S/C18H21BrN2O5S2/c1-25-14-10-13(19)17(11-15(14)26-2)28(23,24)21-7-5-12(6-8-21)20-18(22)16-4-3-9-27-16/h3-4,9-12H,5-8H2,1-2H3,(H,20,22). The molecule has 0 bridgehead atoms. The Morgan fingerprint density at radius 1 is 1.21 bits per heavy atom. The summed E-state index contributed by atoms with van der Waals surface area (Å²) in [6.45, 7) is 0.664. The van der Waals surface area contributed by atoms with Crippen molar-refractivity contribution in [2.75, 3.05) is 27.3 Å². The highest BCUT2D eigenvalue weighted by Crippen LogP contribution is 2.37. The Morgan fingerprint density at radius 3 is 2.43 bits per heavy atom. The molecule has 0 aliphatic carbocycles. The molecule has 1 N–H and O–H groups in total. The fraction of sp³-hybridized carbons (Fsp3) is 0.389. The first-order valence-electron chi connectivity index (χ1n) is 8.63. The van der Waals surface area contributed by atoms with E-state index in [4.69, 9.17) is 9.47 Å². The van der Waals surface area contributed by atoms with Crippen molar-refractivity contribution in [2.24, 2.45) is 0 Å². The Hall–Kier alpha value is -1.62. The van der Waals surface area contributed by atoms with Gasteiger partial charge >= 0.3 is 0 Å². The molecule has 0 spiro atoms. The number of amides is 1. The summed E-state index contributed by atoms with van der Waals surface area (Å²) in [5, 5.41) is 4.83. The second-order valence-corrected chi connectivity index (χ2v) is 9.98. The zero-order valence-corrected chi connectivity index (χ0v) is 18.7. The van der Waals surface area contributed by atoms with Crippen LogP contribution in [0.5, 0.6) is 11.5 Å². The van der Waals surface area contributed by atoms with Crippen molar-refractivity contribution in [2.45, 2.75) is 23.8 Å². The van der Waals surface area contributed by atoms with Gasteiger partial charge in [-0.15, -0.1) is 11.3 Å². The number of benzene rings is 1. The number of methoxy groups -OCH3 is 2. The quantitative estimate of drug-likeness (QED) is 0.674. The Labute approximate surface area is 176 Å². The maximum absolute atomic E-state index is 13.1. The second kappa shape index (κ2) is 8.81. The minimum atomic E-state index is -3.71. The van der Waals surface area contributed by atoms with E-state index in [2.05, 4.69) is 21.2 Å². The van der Waals surface area contributed by atoms with E-state index >= 15 is 0 Å². The number of thiophene rings is 1. The fourth-order valence-corrected chi connectivity index (χ4v) is 6.17. The number of hydrogen-bond donors (Lipinski definition) is 1. The normalized spacial score (nSPS) is 16.0. The van der Waals surface area contributed by atoms with Crippen molar-refractivity contribution < 1.29 is 22.7 Å². The van der Waals surface area contributed by atoms with Gasteiger partial charge in [0.2, 0.25) is 10.0 Å². The molecule has 1 aromatic carbocycles. The summed E-state index contributed by atoms with van der Waals surface area (Å²) in [4.78, 5) is 13.0. The average molecular weight is 489 g/mol. The van der Waals surface area contributed by atoms with Crippen molar-refractivity contribution in [3.63, 3.8) is 0 Å². The molecule has 0 saturated carbocycles. The van der Waals surface area contributed by atoms with Crippen LogP contribution in [0.25, 0.3) is 0 Å². The van der Waals surface area contributed by atoms with Crippen LogP contribution in [0.3, 0.4) is 0 Å². The lowest BCUT2D eigenvalue weighted by Gasteiger charge is -2.31. The highest BCUT2D eigenvalue weighted by molar-refractivity contribution is 9.10. The Morgan fingerprint density at radius 2 is 1.86 bits per heavy atom. The monoisotopic (exact) mass is 488 g/mol. The van der Waals surface area contributed by atoms with Crippen molar-refractivity contribution in [1.82, 2.24) is 9.62 Å². The van der Waals surface area contributed by atoms with Crippen LogP contribution in [-0.4, -0.2) is 52.0 Å². The van der Waals surface area contributed by atoms with Gasteiger partial charge in [0.15, 0.2) is 11.5 Å². The van der Waals surface area contributed by atoms with Crippen LogP contribution >= 0.6 is 27.3 Å². The van der Waals surface area contributed by atoms with E-state index in [1.54, 1.807) is 12.1 Å². The molecule has 1 aliphatic heterocycles. The number of carbonyl (C=O) groups excluding carboxylic acids is 1. The van der Waals surface area contributed by atoms with Crippen molar-refractivity contribution in [3.05, 3.63) is 39.0 Å². The number of hydrogen-bond acceptors (Lipinski definition) is 6. The number of ether oxygens (including phenoxy) is 2. The predicted molar refractivity (Wildman–Crippen MR) is 111 cm³/mol. The van der Waals surface area contributed by atoms with Crippen molar-refractivity contribution in [3.8, 4) is 11.5 Å². The van der Waals surface area contributed by atoms with E-state index in [-0.39, 0.29) is 16.8 Å². The molecule has 7 nitrogen and oxygen atoms in total. The molecule has 0 unspecified atom stereocenters. The molecule has 1 fully saturated rings. The first-order valence-corrected chi connectivity index (χ1v) is 11.7. The molecule has 0 radical (unpaired) electrons. The summed E-state index contributed by atoms with van der Waals surface area (Å²) >= 11 is 4.71. The maximum Gasteiger partial charge on any atom is 0.261 e. The Balaban J connectivity index is 1.70. The first kappa shape index (κ1) is 21.1. The van der Waals surface area contributed by atoms with Gasteiger partial charge in [-0.1, -0.05) is 6.07 Å². The molecule has 1 aliphatic rings. The molecule has 152 valence electrons. The number of rotatable bonds is 6. The Bertz CT molecular complexity index is 939. The van der Waals surface area contributed by atoms with Crippen LogP contribution in [0.1, 0.15) is 22.5 Å². The lowest BCUT2D eigenvalue weighted by atomic mass is 10.1. The lowest BCUT2D eigenvalue weighted by Crippen LogP contribution is -2.46. The van der Waals surface area contributed by atoms with E-state index in [1.165, 1.54) is 35.9 Å². The zero-order chi connectivity index (χ0) is 20.3. The molecule has 2 aromatic rings. The van der Waals surface area contributed by atoms with Gasteiger partial charge in [-0.25, -0.2) is 8.42 Å². The van der Waals surface area contributed by atoms with Gasteiger partial charge in [-0.3, -0.25) is 4.79 Å². The summed E-state index contributed by atoms with van der Waals surface area (Å²) < 4.78 is 38.5. The van der Waals surface area contributed by atoms with Gasteiger partial charge < -0.3 is 14.8 Å². The van der Waals surface area contributed by atoms with Gasteiger partial charge in [0.05, 0.1) is 19.1 Å². The maximum atomic E-state index is 13.1. The summed E-state index contributed by atoms with van der Waals surface area (Å²) in [6.07, 6.45) is 1.11. The van der Waals surface area contributed by atoms with Gasteiger partial charge in [-0.05, 0) is 46.3 Å². The summed E-state index contributed by atoms with van der Waals surface area (Å²) in [5.74, 6) is 0.685. The minimum Gasteiger partial charge on any atom is -0.493 e. The van der Waals surface area contributed by atoms with Crippen LogP contribution in [-0.2, 0) is 10.0 Å². The van der Waals surface area contributed by atoms with Crippen molar-refractivity contribution >= 4 is 43.2 Å². The van der Waals surface area contributed by atoms with Gasteiger partial charge in [0.1, 0.15) is 4.90 Å². The van der Waals surface area contributed by atoms with E-state index in [9.17, 15) is 13.2 Å². The van der Waals surface area contributed by atoms with E-state index in [0.717, 1.165) is 0 Å². The topological polar surface area (TPSA) is 84.9 Å². The molecule has 0 atom stereocenters. The summed E-state index contributed by atoms with van der Waals surface area (Å²) in [7, 11) is -0.749. The molecule has 2 heterocycles. The van der Waals surface area contributed by atoms with Crippen LogP contribution in [0.4, 0.5) is 0 Å². The second-order valence-electron chi connectivity index (χ2n) is 6.27. The minimum absolute atomic E-state index is 0.0464. The number of nitrogens with one attached hydrogen (secondary N) is 1. The third-order valence-corrected chi connectivity index (χ3v) is 8.32. The third-order valence-electron chi connectivity index (χ3n) is 4.59. The van der Waals surface area contributed by atoms with Crippen LogP contribution in [0, 0.1) is 0 Å². The Kier molecular flexibility index (Phi) is 6.64. The third kappa shape index (κ3) is 4.35. The lowest BCUT2D eigenvalue weighted by molar-refractivity contribution is 0.0928. The van der Waals surface area contributed by atoms with E-state index in [1.807, 2.05) is 11.4 Å². The first-order chi connectivity index (χ1) is 13.4. The number of nitrogens with zero attached hydrogens (tertiary/aromatic N) is 1. The van der Waals surface area contributed by atoms with E-state index < -0.39 is 10.0 Å². The van der Waals surface area contributed by atoms with Gasteiger partial charge in [0, 0.05) is 29.7 Å². The van der Waals surface area contributed by atoms with Crippen molar-refractivity contribution in [1.29, 1.82) is 0 Å². The summed E-state index contributed by atoms with van der Waals surface area (Å²) in [6, 6.07) is 6.60. The van der Waals surface area contributed by atoms with Crippen LogP contribution in [0.15, 0.2) is 39.0 Å². The molecular formula is C18H21BrN2O5S2.